The summed E-state index contributed by atoms with van der Waals surface area (Å²) in [6, 6.07) is 14.1. The number of carbonyl (C=O) groups excluding carboxylic acids is 3. The number of hydrogen-bond acceptors (Lipinski definition) is 6. The van der Waals surface area contributed by atoms with E-state index in [1.807, 2.05) is 31.2 Å². The van der Waals surface area contributed by atoms with E-state index in [-0.39, 0.29) is 18.2 Å². The van der Waals surface area contributed by atoms with Crippen LogP contribution in [-0.2, 0) is 14.3 Å². The number of esters is 1. The molecule has 8 heteroatoms. The topological polar surface area (TPSA) is 88.1 Å². The van der Waals surface area contributed by atoms with Crippen molar-refractivity contribution in [1.29, 1.82) is 0 Å². The number of thioether (sulfide) groups is 1. The number of rotatable bonds is 5. The zero-order valence-corrected chi connectivity index (χ0v) is 17.9. The van der Waals surface area contributed by atoms with Gasteiger partial charge in [0.05, 0.1) is 17.9 Å². The van der Waals surface area contributed by atoms with Crippen LogP contribution in [0.2, 0.25) is 0 Å². The summed E-state index contributed by atoms with van der Waals surface area (Å²) in [7, 11) is 1.63. The van der Waals surface area contributed by atoms with Crippen LogP contribution >= 0.6 is 11.8 Å². The van der Waals surface area contributed by atoms with Gasteiger partial charge in [0.15, 0.2) is 5.17 Å². The standard InChI is InChI=1S/C22H23N3O4S/c1-4-29-21(28)15-8-10-16(11-9-15)24-22-25(3)19(26)13-18(30-22)20(27)23-17-7-5-6-14(2)12-17/h5-12,18H,4,13H2,1-3H3,(H,23,27)/t18-/m0/s1. The zero-order valence-electron chi connectivity index (χ0n) is 17.0. The average molecular weight is 426 g/mol. The van der Waals surface area contributed by atoms with Crippen molar-refractivity contribution in [3.8, 4) is 0 Å². The molecule has 1 N–H and O–H groups in total. The lowest BCUT2D eigenvalue weighted by Gasteiger charge is -2.28. The van der Waals surface area contributed by atoms with E-state index in [0.717, 1.165) is 5.56 Å². The van der Waals surface area contributed by atoms with E-state index < -0.39 is 11.2 Å². The van der Waals surface area contributed by atoms with Crippen LogP contribution in [0.15, 0.2) is 53.5 Å². The van der Waals surface area contributed by atoms with Gasteiger partial charge in [0.2, 0.25) is 11.8 Å². The lowest BCUT2D eigenvalue weighted by molar-refractivity contribution is -0.128. The third-order valence-corrected chi connectivity index (χ3v) is 5.69. The Kier molecular flexibility index (Phi) is 6.89. The van der Waals surface area contributed by atoms with Crippen molar-refractivity contribution in [3.63, 3.8) is 0 Å². The molecule has 2 aromatic rings. The summed E-state index contributed by atoms with van der Waals surface area (Å²) >= 11 is 1.24. The van der Waals surface area contributed by atoms with Crippen LogP contribution in [0.3, 0.4) is 0 Å². The van der Waals surface area contributed by atoms with Gasteiger partial charge in [0.25, 0.3) is 0 Å². The van der Waals surface area contributed by atoms with E-state index in [4.69, 9.17) is 4.74 Å². The van der Waals surface area contributed by atoms with Gasteiger partial charge in [-0.25, -0.2) is 9.79 Å². The Labute approximate surface area is 179 Å². The molecule has 1 fully saturated rings. The third kappa shape index (κ3) is 5.27. The summed E-state index contributed by atoms with van der Waals surface area (Å²) in [5.41, 5.74) is 2.73. The van der Waals surface area contributed by atoms with Crippen molar-refractivity contribution >= 4 is 46.1 Å². The minimum absolute atomic E-state index is 0.0969. The highest BCUT2D eigenvalue weighted by Crippen LogP contribution is 2.29. The molecule has 3 rings (SSSR count). The summed E-state index contributed by atoms with van der Waals surface area (Å²) in [6.45, 7) is 4.00. The van der Waals surface area contributed by atoms with Crippen molar-refractivity contribution in [1.82, 2.24) is 4.90 Å². The largest absolute Gasteiger partial charge is 0.462 e. The molecule has 1 aliphatic rings. The SMILES string of the molecule is CCOC(=O)c1ccc(N=C2S[C@H](C(=O)Nc3cccc(C)c3)CC(=O)N2C)cc1. The van der Waals surface area contributed by atoms with E-state index in [2.05, 4.69) is 10.3 Å². The minimum atomic E-state index is -0.577. The molecule has 0 aliphatic carbocycles. The first kappa shape index (κ1) is 21.6. The van der Waals surface area contributed by atoms with Crippen molar-refractivity contribution in [2.45, 2.75) is 25.5 Å². The smallest absolute Gasteiger partial charge is 0.338 e. The molecular weight excluding hydrogens is 402 g/mol. The lowest BCUT2D eigenvalue weighted by atomic mass is 10.2. The second kappa shape index (κ2) is 9.58. The number of amides is 2. The first-order valence-electron chi connectivity index (χ1n) is 9.54. The molecule has 0 saturated carbocycles. The first-order chi connectivity index (χ1) is 14.4. The molecule has 30 heavy (non-hydrogen) atoms. The highest BCUT2D eigenvalue weighted by molar-refractivity contribution is 8.15. The Morgan fingerprint density at radius 2 is 1.97 bits per heavy atom. The van der Waals surface area contributed by atoms with Crippen LogP contribution in [0.5, 0.6) is 0 Å². The van der Waals surface area contributed by atoms with Gasteiger partial charge >= 0.3 is 5.97 Å². The molecule has 0 spiro atoms. The molecule has 0 aromatic heterocycles. The lowest BCUT2D eigenvalue weighted by Crippen LogP contribution is -2.43. The Morgan fingerprint density at radius 1 is 1.23 bits per heavy atom. The molecule has 0 bridgehead atoms. The monoisotopic (exact) mass is 425 g/mol. The molecular formula is C22H23N3O4S. The Bertz CT molecular complexity index is 988. The third-order valence-electron chi connectivity index (χ3n) is 4.45. The number of aliphatic imine (C=N–C) groups is 1. The van der Waals surface area contributed by atoms with E-state index in [9.17, 15) is 14.4 Å². The second-order valence-corrected chi connectivity index (χ2v) is 7.95. The van der Waals surface area contributed by atoms with Crippen LogP contribution in [0, 0.1) is 6.92 Å². The molecule has 0 radical (unpaired) electrons. The predicted molar refractivity (Wildman–Crippen MR) is 118 cm³/mol. The van der Waals surface area contributed by atoms with Gasteiger partial charge < -0.3 is 10.1 Å². The normalized spacial score (nSPS) is 17.7. The Hall–Kier alpha value is -3.13. The fourth-order valence-corrected chi connectivity index (χ4v) is 3.90. The van der Waals surface area contributed by atoms with Gasteiger partial charge in [-0.2, -0.15) is 0 Å². The van der Waals surface area contributed by atoms with Gasteiger partial charge in [-0.05, 0) is 55.8 Å². The number of hydrogen-bond donors (Lipinski definition) is 1. The first-order valence-corrected chi connectivity index (χ1v) is 10.4. The van der Waals surface area contributed by atoms with Crippen LogP contribution < -0.4 is 5.32 Å². The number of nitrogens with zero attached hydrogens (tertiary/aromatic N) is 2. The van der Waals surface area contributed by atoms with Crippen molar-refractivity contribution in [2.75, 3.05) is 19.0 Å². The van der Waals surface area contributed by atoms with Crippen molar-refractivity contribution < 1.29 is 19.1 Å². The van der Waals surface area contributed by atoms with Crippen molar-refractivity contribution in [2.24, 2.45) is 4.99 Å². The molecule has 7 nitrogen and oxygen atoms in total. The predicted octanol–water partition coefficient (Wildman–Crippen LogP) is 3.76. The van der Waals surface area contributed by atoms with Gasteiger partial charge in [0, 0.05) is 19.2 Å². The number of carbonyl (C=O) groups is 3. The van der Waals surface area contributed by atoms with Gasteiger partial charge in [0.1, 0.15) is 5.25 Å². The summed E-state index contributed by atoms with van der Waals surface area (Å²) in [5, 5.41) is 2.72. The molecule has 2 aromatic carbocycles. The average Bonchev–Trinajstić information content (AvgIpc) is 2.72. The van der Waals surface area contributed by atoms with Crippen LogP contribution in [0.25, 0.3) is 0 Å². The number of benzene rings is 2. The van der Waals surface area contributed by atoms with Gasteiger partial charge in [-0.1, -0.05) is 23.9 Å². The van der Waals surface area contributed by atoms with Crippen molar-refractivity contribution in [3.05, 3.63) is 59.7 Å². The van der Waals surface area contributed by atoms with Gasteiger partial charge in [-0.3, -0.25) is 14.5 Å². The molecule has 1 aliphatic heterocycles. The molecule has 2 amide bonds. The molecule has 156 valence electrons. The maximum absolute atomic E-state index is 12.7. The van der Waals surface area contributed by atoms with Gasteiger partial charge in [-0.15, -0.1) is 0 Å². The summed E-state index contributed by atoms with van der Waals surface area (Å²) in [5.74, 6) is -0.818. The second-order valence-electron chi connectivity index (χ2n) is 6.78. The maximum Gasteiger partial charge on any atom is 0.338 e. The fourth-order valence-electron chi connectivity index (χ4n) is 2.84. The van der Waals surface area contributed by atoms with Crippen LogP contribution in [0.1, 0.15) is 29.3 Å². The summed E-state index contributed by atoms with van der Waals surface area (Å²) in [4.78, 5) is 42.8. The molecule has 0 unspecified atom stereocenters. The van der Waals surface area contributed by atoms with Crippen LogP contribution in [-0.4, -0.2) is 46.8 Å². The highest BCUT2D eigenvalue weighted by Gasteiger charge is 2.34. The van der Waals surface area contributed by atoms with E-state index >= 15 is 0 Å². The quantitative estimate of drug-likeness (QED) is 0.737. The highest BCUT2D eigenvalue weighted by atomic mass is 32.2. The fraction of sp³-hybridized carbons (Fsp3) is 0.273. The van der Waals surface area contributed by atoms with E-state index in [1.54, 1.807) is 38.2 Å². The van der Waals surface area contributed by atoms with E-state index in [1.165, 1.54) is 16.7 Å². The number of ether oxygens (including phenoxy) is 1. The summed E-state index contributed by atoms with van der Waals surface area (Å²) < 4.78 is 4.97. The Balaban J connectivity index is 1.74. The number of amidine groups is 1. The molecule has 1 saturated heterocycles. The Morgan fingerprint density at radius 3 is 2.63 bits per heavy atom. The van der Waals surface area contributed by atoms with E-state index in [0.29, 0.717) is 28.7 Å². The number of anilines is 1. The zero-order chi connectivity index (χ0) is 21.7. The number of nitrogens with one attached hydrogen (secondary N) is 1. The molecule has 1 heterocycles. The molecule has 1 atom stereocenters. The minimum Gasteiger partial charge on any atom is -0.462 e. The number of aryl methyl sites for hydroxylation is 1. The summed E-state index contributed by atoms with van der Waals surface area (Å²) in [6.07, 6.45) is 0.0969. The maximum atomic E-state index is 12.7. The van der Waals surface area contributed by atoms with Crippen LogP contribution in [0.4, 0.5) is 11.4 Å².